The minimum Gasteiger partial charge on any atom is -0.381 e. The van der Waals surface area contributed by atoms with Gasteiger partial charge in [-0.05, 0) is 56.0 Å². The van der Waals surface area contributed by atoms with Crippen molar-refractivity contribution in [3.8, 4) is 11.3 Å². The molecular weight excluding hydrogens is 438 g/mol. The van der Waals surface area contributed by atoms with Crippen molar-refractivity contribution in [1.82, 2.24) is 18.9 Å². The van der Waals surface area contributed by atoms with E-state index in [0.717, 1.165) is 25.7 Å². The van der Waals surface area contributed by atoms with E-state index in [1.54, 1.807) is 68.2 Å². The molecule has 0 spiro atoms. The molecule has 0 aliphatic heterocycles. The van der Waals surface area contributed by atoms with Gasteiger partial charge in [-0.15, -0.1) is 0 Å². The van der Waals surface area contributed by atoms with E-state index >= 15 is 0 Å². The molecular formula is C24H25N5O3S. The zero-order valence-corrected chi connectivity index (χ0v) is 19.1. The molecule has 1 saturated carbocycles. The third kappa shape index (κ3) is 4.21. The van der Waals surface area contributed by atoms with E-state index in [-0.39, 0.29) is 10.9 Å². The number of aromatic nitrogens is 4. The second kappa shape index (κ2) is 8.92. The number of methoxy groups -OCH3 is 1. The van der Waals surface area contributed by atoms with Gasteiger partial charge in [0.05, 0.1) is 16.7 Å². The number of hydrogen-bond donors (Lipinski definition) is 1. The average molecular weight is 464 g/mol. The molecule has 1 aromatic carbocycles. The fraction of sp³-hybridized carbons (Fsp3) is 0.292. The Balaban J connectivity index is 1.51. The predicted octanol–water partition coefficient (Wildman–Crippen LogP) is 4.10. The van der Waals surface area contributed by atoms with Crippen molar-refractivity contribution in [2.24, 2.45) is 0 Å². The van der Waals surface area contributed by atoms with Gasteiger partial charge in [0.15, 0.2) is 5.65 Å². The van der Waals surface area contributed by atoms with Crippen molar-refractivity contribution >= 4 is 27.0 Å². The topological polar surface area (TPSA) is 99.0 Å². The van der Waals surface area contributed by atoms with Gasteiger partial charge in [-0.25, -0.2) is 27.3 Å². The molecule has 0 radical (unpaired) electrons. The highest BCUT2D eigenvalue weighted by Crippen LogP contribution is 2.31. The maximum atomic E-state index is 13.3. The predicted molar refractivity (Wildman–Crippen MR) is 126 cm³/mol. The number of ether oxygens (including phenoxy) is 1. The Bertz CT molecular complexity index is 1360. The van der Waals surface area contributed by atoms with Gasteiger partial charge in [0.2, 0.25) is 5.95 Å². The average Bonchev–Trinajstić information content (AvgIpc) is 3.26. The Hall–Kier alpha value is -3.30. The quantitative estimate of drug-likeness (QED) is 0.460. The summed E-state index contributed by atoms with van der Waals surface area (Å²) in [5.41, 5.74) is 1.69. The van der Waals surface area contributed by atoms with Crippen LogP contribution in [0.3, 0.4) is 0 Å². The summed E-state index contributed by atoms with van der Waals surface area (Å²) in [7, 11) is -2.05. The van der Waals surface area contributed by atoms with Crippen LogP contribution in [0.15, 0.2) is 72.0 Å². The lowest BCUT2D eigenvalue weighted by Crippen LogP contribution is -2.29. The molecule has 5 rings (SSSR count). The van der Waals surface area contributed by atoms with Crippen LogP contribution in [0.1, 0.15) is 25.7 Å². The highest BCUT2D eigenvalue weighted by molar-refractivity contribution is 7.90. The largest absolute Gasteiger partial charge is 0.381 e. The summed E-state index contributed by atoms with van der Waals surface area (Å²) in [5.74, 6) is 0.532. The summed E-state index contributed by atoms with van der Waals surface area (Å²) >= 11 is 0. The molecule has 0 bridgehead atoms. The molecule has 0 amide bonds. The summed E-state index contributed by atoms with van der Waals surface area (Å²) in [6.07, 6.45) is 9.18. The Labute approximate surface area is 192 Å². The van der Waals surface area contributed by atoms with E-state index in [4.69, 9.17) is 9.72 Å². The van der Waals surface area contributed by atoms with Crippen LogP contribution in [-0.4, -0.2) is 46.6 Å². The first-order valence-electron chi connectivity index (χ1n) is 11.0. The number of hydrogen-bond acceptors (Lipinski definition) is 7. The van der Waals surface area contributed by atoms with E-state index in [1.165, 1.54) is 3.97 Å². The molecule has 1 aliphatic carbocycles. The first kappa shape index (κ1) is 21.5. The number of fused-ring (bicyclic) bond motifs is 1. The number of rotatable bonds is 6. The fourth-order valence-corrected chi connectivity index (χ4v) is 5.67. The third-order valence-electron chi connectivity index (χ3n) is 6.10. The van der Waals surface area contributed by atoms with E-state index in [0.29, 0.717) is 34.3 Å². The van der Waals surface area contributed by atoms with Crippen LogP contribution < -0.4 is 5.32 Å². The molecule has 0 saturated heterocycles. The van der Waals surface area contributed by atoms with Crippen LogP contribution in [0.5, 0.6) is 0 Å². The second-order valence-electron chi connectivity index (χ2n) is 8.15. The Morgan fingerprint density at radius 3 is 2.52 bits per heavy atom. The Morgan fingerprint density at radius 2 is 1.76 bits per heavy atom. The van der Waals surface area contributed by atoms with Gasteiger partial charge in [0, 0.05) is 42.7 Å². The lowest BCUT2D eigenvalue weighted by Gasteiger charge is -2.28. The monoisotopic (exact) mass is 463 g/mol. The SMILES string of the molecule is CO[C@H]1CC[C@H](Nc2nccc(-c3cn(S(=O)(=O)c4ccccc4)c4ncccc34)n2)CC1. The molecule has 0 atom stereocenters. The van der Waals surface area contributed by atoms with Gasteiger partial charge in [-0.3, -0.25) is 0 Å². The Morgan fingerprint density at radius 1 is 0.970 bits per heavy atom. The van der Waals surface area contributed by atoms with Crippen LogP contribution in [0, 0.1) is 0 Å². The number of nitrogens with zero attached hydrogens (tertiary/aromatic N) is 4. The van der Waals surface area contributed by atoms with E-state index in [9.17, 15) is 8.42 Å². The summed E-state index contributed by atoms with van der Waals surface area (Å²) in [6, 6.07) is 14.1. The van der Waals surface area contributed by atoms with Gasteiger partial charge in [0.25, 0.3) is 10.0 Å². The highest BCUT2D eigenvalue weighted by atomic mass is 32.2. The fourth-order valence-electron chi connectivity index (χ4n) is 4.33. The third-order valence-corrected chi connectivity index (χ3v) is 7.77. The van der Waals surface area contributed by atoms with E-state index < -0.39 is 10.0 Å². The van der Waals surface area contributed by atoms with Crippen LogP contribution in [-0.2, 0) is 14.8 Å². The van der Waals surface area contributed by atoms with Crippen LogP contribution in [0.4, 0.5) is 5.95 Å². The number of nitrogens with one attached hydrogen (secondary N) is 1. The number of benzene rings is 1. The maximum absolute atomic E-state index is 13.3. The van der Waals surface area contributed by atoms with Crippen LogP contribution in [0.25, 0.3) is 22.3 Å². The molecule has 3 aromatic heterocycles. The first-order valence-corrected chi connectivity index (χ1v) is 12.4. The van der Waals surface area contributed by atoms with Gasteiger partial charge in [0.1, 0.15) is 0 Å². The van der Waals surface area contributed by atoms with Gasteiger partial charge < -0.3 is 10.1 Å². The molecule has 0 unspecified atom stereocenters. The molecule has 4 aromatic rings. The second-order valence-corrected chi connectivity index (χ2v) is 9.97. The minimum atomic E-state index is -3.81. The van der Waals surface area contributed by atoms with Crippen LogP contribution >= 0.6 is 0 Å². The van der Waals surface area contributed by atoms with Crippen molar-refractivity contribution < 1.29 is 13.2 Å². The molecule has 8 nitrogen and oxygen atoms in total. The Kier molecular flexibility index (Phi) is 5.82. The standard InChI is InChI=1S/C24H25N5O3S/c1-32-18-11-9-17(10-12-18)27-24-26-15-13-22(28-24)21-16-29(23-20(21)8-5-14-25-23)33(30,31)19-6-3-2-4-7-19/h2-8,13-18H,9-12H2,1H3,(H,26,27,28)/t17-,18-. The van der Waals surface area contributed by atoms with Gasteiger partial charge in [-0.1, -0.05) is 18.2 Å². The minimum absolute atomic E-state index is 0.204. The summed E-state index contributed by atoms with van der Waals surface area (Å²) in [5, 5.41) is 4.14. The molecule has 170 valence electrons. The zero-order valence-electron chi connectivity index (χ0n) is 18.3. The van der Waals surface area contributed by atoms with Crippen molar-refractivity contribution in [1.29, 1.82) is 0 Å². The number of anilines is 1. The van der Waals surface area contributed by atoms with Crippen molar-refractivity contribution in [2.75, 3.05) is 12.4 Å². The van der Waals surface area contributed by atoms with E-state index in [2.05, 4.69) is 15.3 Å². The lowest BCUT2D eigenvalue weighted by molar-refractivity contribution is 0.0681. The smallest absolute Gasteiger partial charge is 0.269 e. The molecule has 33 heavy (non-hydrogen) atoms. The van der Waals surface area contributed by atoms with Gasteiger partial charge >= 0.3 is 0 Å². The molecule has 1 N–H and O–H groups in total. The molecule has 1 fully saturated rings. The van der Waals surface area contributed by atoms with Crippen molar-refractivity contribution in [3.63, 3.8) is 0 Å². The van der Waals surface area contributed by atoms with E-state index in [1.807, 2.05) is 6.07 Å². The molecule has 9 heteroatoms. The lowest BCUT2D eigenvalue weighted by atomic mass is 9.93. The summed E-state index contributed by atoms with van der Waals surface area (Å²) in [6.45, 7) is 0. The molecule has 1 aliphatic rings. The summed E-state index contributed by atoms with van der Waals surface area (Å²) < 4.78 is 33.4. The maximum Gasteiger partial charge on any atom is 0.269 e. The van der Waals surface area contributed by atoms with Crippen molar-refractivity contribution in [2.45, 2.75) is 42.7 Å². The van der Waals surface area contributed by atoms with Crippen molar-refractivity contribution in [3.05, 3.63) is 67.1 Å². The van der Waals surface area contributed by atoms with Gasteiger partial charge in [-0.2, -0.15) is 0 Å². The summed E-state index contributed by atoms with van der Waals surface area (Å²) in [4.78, 5) is 13.7. The zero-order chi connectivity index (χ0) is 22.8. The normalized spacial score (nSPS) is 18.9. The first-order chi connectivity index (χ1) is 16.1. The highest BCUT2D eigenvalue weighted by Gasteiger charge is 2.24. The number of pyridine rings is 1. The van der Waals surface area contributed by atoms with Crippen LogP contribution in [0.2, 0.25) is 0 Å². The molecule has 3 heterocycles.